The maximum atomic E-state index is 13.0. The van der Waals surface area contributed by atoms with Crippen molar-refractivity contribution in [2.45, 2.75) is 19.0 Å². The highest BCUT2D eigenvalue weighted by Crippen LogP contribution is 2.29. The Bertz CT molecular complexity index is 1320. The number of hydrogen-bond acceptors (Lipinski definition) is 6. The fraction of sp³-hybridized carbons (Fsp3) is 0.167. The summed E-state index contributed by atoms with van der Waals surface area (Å²) in [5.41, 5.74) is -3.40. The molecule has 0 spiro atoms. The second-order valence-electron chi connectivity index (χ2n) is 7.37. The monoisotopic (exact) mass is 506 g/mol. The SMILES string of the molecule is COC(=O)c1ccc(CO/N=C(\c2ccccc2)c2cc(C)ccc2NS(=O)(=O)C(F)(F)F)cc1. The number of alkyl halides is 3. The van der Waals surface area contributed by atoms with Crippen molar-refractivity contribution in [3.8, 4) is 0 Å². The highest BCUT2D eigenvalue weighted by atomic mass is 32.2. The molecular weight excluding hydrogens is 485 g/mol. The molecule has 7 nitrogen and oxygen atoms in total. The minimum absolute atomic E-state index is 0.0206. The molecule has 0 radical (unpaired) electrons. The molecular formula is C24H21F3N2O5S. The lowest BCUT2D eigenvalue weighted by Crippen LogP contribution is -2.30. The lowest BCUT2D eigenvalue weighted by Gasteiger charge is -2.16. The molecule has 11 heteroatoms. The van der Waals surface area contributed by atoms with E-state index in [1.54, 1.807) is 66.2 Å². The first kappa shape index (κ1) is 25.8. The summed E-state index contributed by atoms with van der Waals surface area (Å²) < 4.78 is 68.8. The highest BCUT2D eigenvalue weighted by Gasteiger charge is 2.46. The van der Waals surface area contributed by atoms with Gasteiger partial charge in [-0.1, -0.05) is 59.3 Å². The summed E-state index contributed by atoms with van der Waals surface area (Å²) in [6, 6.07) is 19.1. The summed E-state index contributed by atoms with van der Waals surface area (Å²) in [6.45, 7) is 1.69. The number of rotatable bonds is 8. The number of anilines is 1. The van der Waals surface area contributed by atoms with Gasteiger partial charge in [0.2, 0.25) is 0 Å². The summed E-state index contributed by atoms with van der Waals surface area (Å²) in [7, 11) is -4.39. The molecule has 0 fully saturated rings. The highest BCUT2D eigenvalue weighted by molar-refractivity contribution is 7.93. The van der Waals surface area contributed by atoms with E-state index in [0.717, 1.165) is 0 Å². The number of nitrogens with zero attached hydrogens (tertiary/aromatic N) is 1. The number of sulfonamides is 1. The number of esters is 1. The average molecular weight is 507 g/mol. The zero-order chi connectivity index (χ0) is 25.6. The van der Waals surface area contributed by atoms with E-state index in [4.69, 9.17) is 4.84 Å². The number of carbonyl (C=O) groups excluding carboxylic acids is 1. The fourth-order valence-corrected chi connectivity index (χ4v) is 3.61. The molecule has 0 amide bonds. The smallest absolute Gasteiger partial charge is 0.465 e. The molecule has 0 aliphatic rings. The van der Waals surface area contributed by atoms with Crippen LogP contribution < -0.4 is 4.72 Å². The van der Waals surface area contributed by atoms with E-state index in [-0.39, 0.29) is 23.6 Å². The first-order chi connectivity index (χ1) is 16.5. The lowest BCUT2D eigenvalue weighted by atomic mass is 9.99. The van der Waals surface area contributed by atoms with Crippen LogP contribution in [-0.4, -0.2) is 32.7 Å². The van der Waals surface area contributed by atoms with E-state index in [1.807, 2.05) is 0 Å². The third-order valence-electron chi connectivity index (χ3n) is 4.79. The third-order valence-corrected chi connectivity index (χ3v) is 5.89. The van der Waals surface area contributed by atoms with Gasteiger partial charge in [-0.15, -0.1) is 0 Å². The number of halogens is 3. The predicted octanol–water partition coefficient (Wildman–Crippen LogP) is 5.01. The quantitative estimate of drug-likeness (QED) is 0.263. The molecule has 0 aliphatic heterocycles. The number of oxime groups is 1. The summed E-state index contributed by atoms with van der Waals surface area (Å²) in [5.74, 6) is -0.491. The zero-order valence-electron chi connectivity index (χ0n) is 18.7. The number of benzene rings is 3. The minimum atomic E-state index is -5.66. The number of carbonyl (C=O) groups is 1. The molecule has 0 heterocycles. The van der Waals surface area contributed by atoms with Gasteiger partial charge in [0, 0.05) is 11.1 Å². The molecule has 3 aromatic rings. The van der Waals surface area contributed by atoms with Gasteiger partial charge < -0.3 is 9.57 Å². The van der Waals surface area contributed by atoms with Crippen LogP contribution in [0, 0.1) is 6.92 Å². The number of nitrogens with one attached hydrogen (secondary N) is 1. The van der Waals surface area contributed by atoms with Crippen LogP contribution in [0.25, 0.3) is 0 Å². The van der Waals surface area contributed by atoms with Gasteiger partial charge in [-0.3, -0.25) is 4.72 Å². The second kappa shape index (κ2) is 10.6. The van der Waals surface area contributed by atoms with Crippen LogP contribution in [0.15, 0.2) is 78.0 Å². The van der Waals surface area contributed by atoms with Gasteiger partial charge in [0.25, 0.3) is 0 Å². The maximum Gasteiger partial charge on any atom is 0.516 e. The van der Waals surface area contributed by atoms with Crippen molar-refractivity contribution >= 4 is 27.4 Å². The first-order valence-electron chi connectivity index (χ1n) is 10.1. The molecule has 0 unspecified atom stereocenters. The molecule has 0 saturated carbocycles. The normalized spacial score (nSPS) is 12.2. The van der Waals surface area contributed by atoms with Gasteiger partial charge in [-0.05, 0) is 36.8 Å². The Morgan fingerprint density at radius 3 is 2.23 bits per heavy atom. The second-order valence-corrected chi connectivity index (χ2v) is 9.04. The topological polar surface area (TPSA) is 94.1 Å². The van der Waals surface area contributed by atoms with Crippen molar-refractivity contribution < 1.29 is 36.0 Å². The Morgan fingerprint density at radius 1 is 0.971 bits per heavy atom. The van der Waals surface area contributed by atoms with Gasteiger partial charge in [0.1, 0.15) is 12.3 Å². The van der Waals surface area contributed by atoms with E-state index in [9.17, 15) is 26.4 Å². The molecule has 3 aromatic carbocycles. The van der Waals surface area contributed by atoms with E-state index in [0.29, 0.717) is 22.3 Å². The maximum absolute atomic E-state index is 13.0. The fourth-order valence-electron chi connectivity index (χ4n) is 3.03. The van der Waals surface area contributed by atoms with Crippen LogP contribution in [0.3, 0.4) is 0 Å². The van der Waals surface area contributed by atoms with E-state index in [1.165, 1.54) is 25.3 Å². The number of methoxy groups -OCH3 is 1. The van der Waals surface area contributed by atoms with Crippen molar-refractivity contribution in [1.29, 1.82) is 0 Å². The molecule has 0 bridgehead atoms. The average Bonchev–Trinajstić information content (AvgIpc) is 2.83. The van der Waals surface area contributed by atoms with Gasteiger partial charge in [-0.2, -0.15) is 21.6 Å². The van der Waals surface area contributed by atoms with Crippen molar-refractivity contribution in [1.82, 2.24) is 0 Å². The standard InChI is InChI=1S/C24H21F3N2O5S/c1-16-8-13-21(29-35(31,32)24(25,26)27)20(14-16)22(18-6-4-3-5-7-18)28-34-15-17-9-11-19(12-10-17)23(30)33-2/h3-14,29H,15H2,1-2H3/b28-22+. The number of hydrogen-bond donors (Lipinski definition) is 1. The molecule has 0 aromatic heterocycles. The Morgan fingerprint density at radius 2 is 1.63 bits per heavy atom. The number of aryl methyl sites for hydroxylation is 1. The summed E-state index contributed by atoms with van der Waals surface area (Å²) in [6.07, 6.45) is 0. The van der Waals surface area contributed by atoms with Crippen LogP contribution in [0.2, 0.25) is 0 Å². The van der Waals surface area contributed by atoms with Crippen molar-refractivity contribution in [2.75, 3.05) is 11.8 Å². The number of ether oxygens (including phenoxy) is 1. The summed E-state index contributed by atoms with van der Waals surface area (Å²) in [5, 5.41) is 4.14. The Balaban J connectivity index is 1.97. The molecule has 0 aliphatic carbocycles. The van der Waals surface area contributed by atoms with Crippen LogP contribution in [-0.2, 0) is 26.2 Å². The van der Waals surface area contributed by atoms with Crippen molar-refractivity contribution in [2.24, 2.45) is 5.16 Å². The van der Waals surface area contributed by atoms with Crippen LogP contribution >= 0.6 is 0 Å². The van der Waals surface area contributed by atoms with Gasteiger partial charge in [-0.25, -0.2) is 4.79 Å². The van der Waals surface area contributed by atoms with Gasteiger partial charge >= 0.3 is 21.5 Å². The van der Waals surface area contributed by atoms with Crippen LogP contribution in [0.4, 0.5) is 18.9 Å². The largest absolute Gasteiger partial charge is 0.516 e. The molecule has 3 rings (SSSR count). The lowest BCUT2D eigenvalue weighted by molar-refractivity contribution is -0.0429. The van der Waals surface area contributed by atoms with Crippen LogP contribution in [0.1, 0.15) is 32.6 Å². The zero-order valence-corrected chi connectivity index (χ0v) is 19.5. The van der Waals surface area contributed by atoms with Gasteiger partial charge in [0.05, 0.1) is 18.4 Å². The predicted molar refractivity (Wildman–Crippen MR) is 124 cm³/mol. The van der Waals surface area contributed by atoms with E-state index in [2.05, 4.69) is 9.89 Å². The van der Waals surface area contributed by atoms with Crippen LogP contribution in [0.5, 0.6) is 0 Å². The molecule has 0 saturated heterocycles. The molecule has 35 heavy (non-hydrogen) atoms. The van der Waals surface area contributed by atoms with Crippen molar-refractivity contribution in [3.63, 3.8) is 0 Å². The Labute approximate surface area is 200 Å². The summed E-state index contributed by atoms with van der Waals surface area (Å²) >= 11 is 0. The Kier molecular flexibility index (Phi) is 7.80. The van der Waals surface area contributed by atoms with E-state index < -0.39 is 21.5 Å². The Hall–Kier alpha value is -3.86. The van der Waals surface area contributed by atoms with Crippen molar-refractivity contribution in [3.05, 3.63) is 101 Å². The minimum Gasteiger partial charge on any atom is -0.465 e. The first-order valence-corrected chi connectivity index (χ1v) is 11.6. The van der Waals surface area contributed by atoms with E-state index >= 15 is 0 Å². The third kappa shape index (κ3) is 6.38. The van der Waals surface area contributed by atoms with Gasteiger partial charge in [0.15, 0.2) is 0 Å². The molecule has 184 valence electrons. The molecule has 0 atom stereocenters. The molecule has 1 N–H and O–H groups in total. The summed E-state index contributed by atoms with van der Waals surface area (Å²) in [4.78, 5) is 17.0.